The van der Waals surface area contributed by atoms with E-state index in [-0.39, 0.29) is 5.91 Å². The number of hydrogen-bond acceptors (Lipinski definition) is 4. The molecule has 0 spiro atoms. The molecule has 5 heteroatoms. The smallest absolute Gasteiger partial charge is 0.243 e. The summed E-state index contributed by atoms with van der Waals surface area (Å²) in [5.74, 6) is -0.163. The van der Waals surface area contributed by atoms with Gasteiger partial charge in [0.1, 0.15) is 0 Å². The standard InChI is InChI=1S/C21H20N4O/c1-2-21(26)23-14-13-22-17-10-7-16(8-11-17)9-12-18-15-24-19-5-3-4-6-20(19)25-18/h2-12,15,22H,1,13-14H2,(H,23,26)/b12-9+. The Kier molecular flexibility index (Phi) is 5.72. The van der Waals surface area contributed by atoms with Crippen LogP contribution in [0.1, 0.15) is 11.3 Å². The van der Waals surface area contributed by atoms with Crippen LogP contribution in [0.3, 0.4) is 0 Å². The number of carbonyl (C=O) groups excluding carboxylic acids is 1. The number of para-hydroxylation sites is 2. The highest BCUT2D eigenvalue weighted by molar-refractivity contribution is 5.86. The van der Waals surface area contributed by atoms with Gasteiger partial charge in [0.2, 0.25) is 5.91 Å². The summed E-state index contributed by atoms with van der Waals surface area (Å²) >= 11 is 0. The van der Waals surface area contributed by atoms with Gasteiger partial charge in [0.25, 0.3) is 0 Å². The van der Waals surface area contributed by atoms with Crippen molar-refractivity contribution in [2.24, 2.45) is 0 Å². The first-order valence-electron chi connectivity index (χ1n) is 8.39. The lowest BCUT2D eigenvalue weighted by molar-refractivity contribution is -0.116. The molecule has 3 aromatic rings. The second-order valence-corrected chi connectivity index (χ2v) is 5.66. The van der Waals surface area contributed by atoms with E-state index in [1.54, 1.807) is 6.20 Å². The van der Waals surface area contributed by atoms with Crippen molar-refractivity contribution in [2.45, 2.75) is 0 Å². The minimum atomic E-state index is -0.163. The van der Waals surface area contributed by atoms with Crippen LogP contribution in [0.5, 0.6) is 0 Å². The molecule has 0 bridgehead atoms. The first kappa shape index (κ1) is 17.4. The summed E-state index contributed by atoms with van der Waals surface area (Å²) in [7, 11) is 0. The highest BCUT2D eigenvalue weighted by Crippen LogP contribution is 2.13. The first-order valence-corrected chi connectivity index (χ1v) is 8.39. The van der Waals surface area contributed by atoms with Crippen molar-refractivity contribution < 1.29 is 4.79 Å². The van der Waals surface area contributed by atoms with Crippen molar-refractivity contribution in [3.05, 3.63) is 78.6 Å². The Balaban J connectivity index is 1.56. The summed E-state index contributed by atoms with van der Waals surface area (Å²) in [6.45, 7) is 4.62. The Bertz CT molecular complexity index is 932. The molecule has 1 amide bonds. The van der Waals surface area contributed by atoms with Crippen LogP contribution in [0, 0.1) is 0 Å². The Labute approximate surface area is 152 Å². The maximum Gasteiger partial charge on any atom is 0.243 e. The van der Waals surface area contributed by atoms with E-state index in [1.807, 2.05) is 60.7 Å². The largest absolute Gasteiger partial charge is 0.383 e. The SMILES string of the molecule is C=CC(=O)NCCNc1ccc(/C=C/c2cnc3ccccc3n2)cc1. The third-order valence-corrected chi connectivity index (χ3v) is 3.76. The molecule has 0 atom stereocenters. The van der Waals surface area contributed by atoms with Crippen LogP contribution >= 0.6 is 0 Å². The monoisotopic (exact) mass is 344 g/mol. The predicted octanol–water partition coefficient (Wildman–Crippen LogP) is 3.51. The number of anilines is 1. The van der Waals surface area contributed by atoms with E-state index in [9.17, 15) is 4.79 Å². The lowest BCUT2D eigenvalue weighted by atomic mass is 10.2. The number of nitrogens with zero attached hydrogens (tertiary/aromatic N) is 2. The van der Waals surface area contributed by atoms with Crippen LogP contribution in [0.25, 0.3) is 23.2 Å². The van der Waals surface area contributed by atoms with Gasteiger partial charge in [-0.3, -0.25) is 9.78 Å². The highest BCUT2D eigenvalue weighted by Gasteiger charge is 1.97. The van der Waals surface area contributed by atoms with Crippen LogP contribution in [-0.4, -0.2) is 29.0 Å². The van der Waals surface area contributed by atoms with Gasteiger partial charge in [0.15, 0.2) is 0 Å². The highest BCUT2D eigenvalue weighted by atomic mass is 16.1. The number of aromatic nitrogens is 2. The van der Waals surface area contributed by atoms with E-state index in [0.717, 1.165) is 28.0 Å². The minimum Gasteiger partial charge on any atom is -0.383 e. The third kappa shape index (κ3) is 4.77. The van der Waals surface area contributed by atoms with Crippen LogP contribution in [0.2, 0.25) is 0 Å². The fourth-order valence-electron chi connectivity index (χ4n) is 2.41. The molecule has 0 radical (unpaired) electrons. The number of hydrogen-bond donors (Lipinski definition) is 2. The van der Waals surface area contributed by atoms with Gasteiger partial charge in [0.05, 0.1) is 22.9 Å². The normalized spacial score (nSPS) is 10.8. The number of nitrogens with one attached hydrogen (secondary N) is 2. The van der Waals surface area contributed by atoms with Gasteiger partial charge in [0, 0.05) is 18.8 Å². The zero-order chi connectivity index (χ0) is 18.2. The number of fused-ring (bicyclic) bond motifs is 1. The lowest BCUT2D eigenvalue weighted by Crippen LogP contribution is -2.26. The summed E-state index contributed by atoms with van der Waals surface area (Å²) in [6, 6.07) is 15.9. The summed E-state index contributed by atoms with van der Waals surface area (Å²) in [5, 5.41) is 5.97. The van der Waals surface area contributed by atoms with Crippen molar-refractivity contribution in [1.29, 1.82) is 0 Å². The van der Waals surface area contributed by atoms with Gasteiger partial charge < -0.3 is 10.6 Å². The predicted molar refractivity (Wildman–Crippen MR) is 107 cm³/mol. The van der Waals surface area contributed by atoms with E-state index in [2.05, 4.69) is 27.2 Å². The number of carbonyl (C=O) groups is 1. The second kappa shape index (κ2) is 8.58. The Morgan fingerprint density at radius 2 is 1.77 bits per heavy atom. The number of benzene rings is 2. The second-order valence-electron chi connectivity index (χ2n) is 5.66. The van der Waals surface area contributed by atoms with Crippen molar-refractivity contribution in [2.75, 3.05) is 18.4 Å². The molecule has 0 unspecified atom stereocenters. The van der Waals surface area contributed by atoms with E-state index in [0.29, 0.717) is 13.1 Å². The molecule has 130 valence electrons. The molecule has 0 saturated heterocycles. The van der Waals surface area contributed by atoms with Crippen molar-refractivity contribution >= 4 is 34.8 Å². The van der Waals surface area contributed by atoms with Crippen molar-refractivity contribution in [3.8, 4) is 0 Å². The summed E-state index contributed by atoms with van der Waals surface area (Å²) in [4.78, 5) is 20.0. The average Bonchev–Trinajstić information content (AvgIpc) is 2.70. The topological polar surface area (TPSA) is 66.9 Å². The number of amides is 1. The molecule has 1 heterocycles. The van der Waals surface area contributed by atoms with E-state index >= 15 is 0 Å². The third-order valence-electron chi connectivity index (χ3n) is 3.76. The molecule has 26 heavy (non-hydrogen) atoms. The maximum atomic E-state index is 11.1. The van der Waals surface area contributed by atoms with E-state index in [1.165, 1.54) is 6.08 Å². The fraction of sp³-hybridized carbons (Fsp3) is 0.0952. The average molecular weight is 344 g/mol. The molecule has 2 N–H and O–H groups in total. The van der Waals surface area contributed by atoms with Crippen LogP contribution in [-0.2, 0) is 4.79 Å². The lowest BCUT2D eigenvalue weighted by Gasteiger charge is -2.07. The van der Waals surface area contributed by atoms with Gasteiger partial charge in [-0.25, -0.2) is 4.98 Å². The first-order chi connectivity index (χ1) is 12.7. The van der Waals surface area contributed by atoms with E-state index < -0.39 is 0 Å². The molecule has 3 rings (SSSR count). The molecule has 5 nitrogen and oxygen atoms in total. The number of rotatable bonds is 7. The van der Waals surface area contributed by atoms with Gasteiger partial charge in [-0.05, 0) is 42.0 Å². The molecular weight excluding hydrogens is 324 g/mol. The molecule has 0 aliphatic carbocycles. The van der Waals surface area contributed by atoms with Crippen LogP contribution < -0.4 is 10.6 Å². The van der Waals surface area contributed by atoms with Gasteiger partial charge in [-0.2, -0.15) is 0 Å². The molecule has 2 aromatic carbocycles. The van der Waals surface area contributed by atoms with Crippen LogP contribution in [0.15, 0.2) is 67.4 Å². The zero-order valence-electron chi connectivity index (χ0n) is 14.4. The Morgan fingerprint density at radius 1 is 1.00 bits per heavy atom. The molecule has 1 aromatic heterocycles. The Morgan fingerprint density at radius 3 is 2.54 bits per heavy atom. The molecular formula is C21H20N4O. The summed E-state index contributed by atoms with van der Waals surface area (Å²) in [6.07, 6.45) is 6.99. The zero-order valence-corrected chi connectivity index (χ0v) is 14.4. The molecule has 0 aliphatic rings. The van der Waals surface area contributed by atoms with Gasteiger partial charge in [-0.15, -0.1) is 0 Å². The maximum absolute atomic E-state index is 11.1. The molecule has 0 fully saturated rings. The fourth-order valence-corrected chi connectivity index (χ4v) is 2.41. The van der Waals surface area contributed by atoms with Crippen molar-refractivity contribution in [1.82, 2.24) is 15.3 Å². The van der Waals surface area contributed by atoms with Crippen LogP contribution in [0.4, 0.5) is 5.69 Å². The molecule has 0 saturated carbocycles. The quantitative estimate of drug-likeness (QED) is 0.508. The Hall–Kier alpha value is -3.47. The van der Waals surface area contributed by atoms with Gasteiger partial charge >= 0.3 is 0 Å². The molecule has 0 aliphatic heterocycles. The van der Waals surface area contributed by atoms with E-state index in [4.69, 9.17) is 0 Å². The summed E-state index contributed by atoms with van der Waals surface area (Å²) in [5.41, 5.74) is 4.68. The summed E-state index contributed by atoms with van der Waals surface area (Å²) < 4.78 is 0. The van der Waals surface area contributed by atoms with Crippen molar-refractivity contribution in [3.63, 3.8) is 0 Å². The minimum absolute atomic E-state index is 0.163. The van der Waals surface area contributed by atoms with Gasteiger partial charge in [-0.1, -0.05) is 36.9 Å².